The number of carboxylic acid groups (broad SMARTS) is 1. The van der Waals surface area contributed by atoms with Gasteiger partial charge < -0.3 is 15.4 Å². The average molecular weight is 181 g/mol. The summed E-state index contributed by atoms with van der Waals surface area (Å²) in [6, 6.07) is 0.122. The zero-order valence-electron chi connectivity index (χ0n) is 7.10. The number of aromatic nitrogens is 2. The zero-order valence-corrected chi connectivity index (χ0v) is 7.10. The van der Waals surface area contributed by atoms with Crippen molar-refractivity contribution in [2.45, 2.75) is 25.4 Å². The minimum absolute atomic E-state index is 0.115. The molecule has 0 bridgehead atoms. The largest absolute Gasteiger partial charge is 0.476 e. The standard InChI is InChI=1S/C8H11N3O2/c9-5-1-2-11-4-6(8(12)13)10-7(11)3-5/h4-5H,1-3,9H2,(H,12,13). The van der Waals surface area contributed by atoms with Crippen LogP contribution in [0.15, 0.2) is 6.20 Å². The Morgan fingerprint density at radius 2 is 2.54 bits per heavy atom. The van der Waals surface area contributed by atoms with Gasteiger partial charge >= 0.3 is 5.97 Å². The Balaban J connectivity index is 2.33. The van der Waals surface area contributed by atoms with Crippen LogP contribution >= 0.6 is 0 Å². The van der Waals surface area contributed by atoms with E-state index < -0.39 is 5.97 Å². The van der Waals surface area contributed by atoms with Crippen molar-refractivity contribution < 1.29 is 9.90 Å². The number of aryl methyl sites for hydroxylation is 1. The van der Waals surface area contributed by atoms with Crippen LogP contribution in [0, 0.1) is 0 Å². The Labute approximate surface area is 75.2 Å². The number of hydrogen-bond acceptors (Lipinski definition) is 3. The fourth-order valence-electron chi connectivity index (χ4n) is 1.56. The zero-order chi connectivity index (χ0) is 9.42. The van der Waals surface area contributed by atoms with Gasteiger partial charge in [0.25, 0.3) is 0 Å². The first-order valence-corrected chi connectivity index (χ1v) is 4.22. The molecule has 5 heteroatoms. The minimum atomic E-state index is -0.976. The van der Waals surface area contributed by atoms with E-state index in [0.717, 1.165) is 18.8 Å². The molecule has 0 spiro atoms. The van der Waals surface area contributed by atoms with Crippen LogP contribution < -0.4 is 5.73 Å². The van der Waals surface area contributed by atoms with Gasteiger partial charge in [-0.25, -0.2) is 9.78 Å². The van der Waals surface area contributed by atoms with Crippen molar-refractivity contribution in [3.8, 4) is 0 Å². The molecule has 0 fully saturated rings. The molecule has 1 aliphatic heterocycles. The highest BCUT2D eigenvalue weighted by atomic mass is 16.4. The van der Waals surface area contributed by atoms with Gasteiger partial charge in [-0.3, -0.25) is 0 Å². The van der Waals surface area contributed by atoms with Crippen molar-refractivity contribution in [3.05, 3.63) is 17.7 Å². The molecule has 70 valence electrons. The summed E-state index contributed by atoms with van der Waals surface area (Å²) in [6.07, 6.45) is 3.14. The lowest BCUT2D eigenvalue weighted by Gasteiger charge is -2.18. The number of nitrogens with two attached hydrogens (primary N) is 1. The molecule has 1 aliphatic rings. The van der Waals surface area contributed by atoms with Crippen molar-refractivity contribution in [2.75, 3.05) is 0 Å². The minimum Gasteiger partial charge on any atom is -0.476 e. The van der Waals surface area contributed by atoms with E-state index in [4.69, 9.17) is 10.8 Å². The van der Waals surface area contributed by atoms with Gasteiger partial charge in [-0.2, -0.15) is 0 Å². The molecule has 1 aromatic rings. The molecule has 2 rings (SSSR count). The molecular weight excluding hydrogens is 170 g/mol. The third-order valence-corrected chi connectivity index (χ3v) is 2.26. The normalized spacial score (nSPS) is 21.2. The summed E-state index contributed by atoms with van der Waals surface area (Å²) in [6.45, 7) is 0.775. The molecule has 5 nitrogen and oxygen atoms in total. The number of hydrogen-bond donors (Lipinski definition) is 2. The average Bonchev–Trinajstić information content (AvgIpc) is 2.46. The molecule has 1 atom stereocenters. The summed E-state index contributed by atoms with van der Waals surface area (Å²) in [4.78, 5) is 14.6. The third-order valence-electron chi connectivity index (χ3n) is 2.26. The maximum Gasteiger partial charge on any atom is 0.356 e. The molecule has 0 aliphatic carbocycles. The first-order valence-electron chi connectivity index (χ1n) is 4.22. The second-order valence-corrected chi connectivity index (χ2v) is 3.29. The second kappa shape index (κ2) is 2.85. The van der Waals surface area contributed by atoms with Crippen molar-refractivity contribution in [1.82, 2.24) is 9.55 Å². The first-order chi connectivity index (χ1) is 6.16. The smallest absolute Gasteiger partial charge is 0.356 e. The third kappa shape index (κ3) is 1.42. The summed E-state index contributed by atoms with van der Waals surface area (Å²) in [5.41, 5.74) is 5.85. The highest BCUT2D eigenvalue weighted by Gasteiger charge is 2.19. The van der Waals surface area contributed by atoms with E-state index in [-0.39, 0.29) is 11.7 Å². The Morgan fingerprint density at radius 3 is 3.23 bits per heavy atom. The molecule has 3 N–H and O–H groups in total. The van der Waals surface area contributed by atoms with Gasteiger partial charge in [0.2, 0.25) is 0 Å². The van der Waals surface area contributed by atoms with Crippen LogP contribution in [0.25, 0.3) is 0 Å². The van der Waals surface area contributed by atoms with E-state index in [1.807, 2.05) is 4.57 Å². The topological polar surface area (TPSA) is 81.1 Å². The molecule has 2 heterocycles. The predicted octanol–water partition coefficient (Wildman–Crippen LogP) is -0.145. The molecule has 0 saturated carbocycles. The number of nitrogens with zero attached hydrogens (tertiary/aromatic N) is 2. The van der Waals surface area contributed by atoms with Gasteiger partial charge in [0.15, 0.2) is 5.69 Å². The second-order valence-electron chi connectivity index (χ2n) is 3.29. The number of carbonyl (C=O) groups is 1. The number of rotatable bonds is 1. The Bertz CT molecular complexity index is 345. The Morgan fingerprint density at radius 1 is 1.77 bits per heavy atom. The van der Waals surface area contributed by atoms with Gasteiger partial charge in [0, 0.05) is 25.2 Å². The SMILES string of the molecule is NC1CCn2cc(C(=O)O)nc2C1. The van der Waals surface area contributed by atoms with E-state index in [2.05, 4.69) is 4.98 Å². The van der Waals surface area contributed by atoms with E-state index in [1.165, 1.54) is 0 Å². The number of aromatic carboxylic acids is 1. The van der Waals surface area contributed by atoms with Crippen molar-refractivity contribution in [2.24, 2.45) is 5.73 Å². The maximum absolute atomic E-state index is 10.6. The summed E-state index contributed by atoms with van der Waals surface area (Å²) in [5.74, 6) is -0.188. The van der Waals surface area contributed by atoms with Gasteiger partial charge in [-0.1, -0.05) is 0 Å². The summed E-state index contributed by atoms with van der Waals surface area (Å²) in [7, 11) is 0. The molecule has 0 amide bonds. The van der Waals surface area contributed by atoms with Crippen LogP contribution in [-0.2, 0) is 13.0 Å². The van der Waals surface area contributed by atoms with E-state index in [0.29, 0.717) is 6.42 Å². The number of imidazole rings is 1. The maximum atomic E-state index is 10.6. The van der Waals surface area contributed by atoms with E-state index in [1.54, 1.807) is 6.20 Å². The molecule has 0 aromatic carbocycles. The van der Waals surface area contributed by atoms with Crippen LogP contribution in [0.5, 0.6) is 0 Å². The van der Waals surface area contributed by atoms with Gasteiger partial charge in [-0.05, 0) is 6.42 Å². The molecule has 1 unspecified atom stereocenters. The summed E-state index contributed by atoms with van der Waals surface area (Å²) >= 11 is 0. The molecule has 0 saturated heterocycles. The van der Waals surface area contributed by atoms with Crippen LogP contribution in [0.2, 0.25) is 0 Å². The Kier molecular flexibility index (Phi) is 1.81. The fourth-order valence-corrected chi connectivity index (χ4v) is 1.56. The van der Waals surface area contributed by atoms with Crippen molar-refractivity contribution in [1.29, 1.82) is 0 Å². The van der Waals surface area contributed by atoms with E-state index >= 15 is 0 Å². The van der Waals surface area contributed by atoms with Crippen LogP contribution in [-0.4, -0.2) is 26.7 Å². The molecule has 0 radical (unpaired) electrons. The summed E-state index contributed by atoms with van der Waals surface area (Å²) < 4.78 is 1.87. The fraction of sp³-hybridized carbons (Fsp3) is 0.500. The molecule has 1 aromatic heterocycles. The lowest BCUT2D eigenvalue weighted by atomic mass is 10.1. The lowest BCUT2D eigenvalue weighted by molar-refractivity contribution is 0.0691. The summed E-state index contributed by atoms with van der Waals surface area (Å²) in [5, 5.41) is 8.69. The number of fused-ring (bicyclic) bond motifs is 1. The quantitative estimate of drug-likeness (QED) is 0.631. The van der Waals surface area contributed by atoms with Gasteiger partial charge in [0.05, 0.1) is 0 Å². The van der Waals surface area contributed by atoms with Gasteiger partial charge in [0.1, 0.15) is 5.82 Å². The van der Waals surface area contributed by atoms with Crippen molar-refractivity contribution >= 4 is 5.97 Å². The van der Waals surface area contributed by atoms with Crippen LogP contribution in [0.3, 0.4) is 0 Å². The monoisotopic (exact) mass is 181 g/mol. The van der Waals surface area contributed by atoms with Crippen LogP contribution in [0.1, 0.15) is 22.7 Å². The predicted molar refractivity (Wildman–Crippen MR) is 45.5 cm³/mol. The first kappa shape index (κ1) is 8.25. The molecule has 13 heavy (non-hydrogen) atoms. The lowest BCUT2D eigenvalue weighted by Crippen LogP contribution is -2.30. The number of carboxylic acids is 1. The molecular formula is C8H11N3O2. The van der Waals surface area contributed by atoms with Gasteiger partial charge in [-0.15, -0.1) is 0 Å². The van der Waals surface area contributed by atoms with Crippen molar-refractivity contribution in [3.63, 3.8) is 0 Å². The van der Waals surface area contributed by atoms with E-state index in [9.17, 15) is 4.79 Å². The highest BCUT2D eigenvalue weighted by molar-refractivity contribution is 5.85. The Hall–Kier alpha value is -1.36. The van der Waals surface area contributed by atoms with Crippen LogP contribution in [0.4, 0.5) is 0 Å². The highest BCUT2D eigenvalue weighted by Crippen LogP contribution is 2.13.